The molecule has 0 aromatic carbocycles. The molecule has 1 atom stereocenters. The molecule has 0 aromatic heterocycles. The lowest BCUT2D eigenvalue weighted by Gasteiger charge is -2.26. The second-order valence-electron chi connectivity index (χ2n) is 4.57. The van der Waals surface area contributed by atoms with E-state index in [-0.39, 0.29) is 17.4 Å². The summed E-state index contributed by atoms with van der Waals surface area (Å²) in [6.45, 7) is 9.09. The Morgan fingerprint density at radius 2 is 1.93 bits per heavy atom. The van der Waals surface area contributed by atoms with E-state index in [1.54, 1.807) is 0 Å². The van der Waals surface area contributed by atoms with Gasteiger partial charge in [0.05, 0.1) is 11.4 Å². The Morgan fingerprint density at radius 1 is 1.40 bits per heavy atom. The Labute approximate surface area is 93.3 Å². The summed E-state index contributed by atoms with van der Waals surface area (Å²) in [4.78, 5) is 0. The van der Waals surface area contributed by atoms with Crippen LogP contribution in [0.15, 0.2) is 0 Å². The van der Waals surface area contributed by atoms with Gasteiger partial charge in [-0.05, 0) is 27.7 Å². The minimum atomic E-state index is -2.91. The third-order valence-electron chi connectivity index (χ3n) is 1.96. The number of sulfone groups is 1. The van der Waals surface area contributed by atoms with Crippen molar-refractivity contribution in [2.45, 2.75) is 39.3 Å². The van der Waals surface area contributed by atoms with Crippen molar-refractivity contribution < 1.29 is 13.2 Å². The molecule has 0 aliphatic carbocycles. The molecule has 0 rings (SSSR count). The summed E-state index contributed by atoms with van der Waals surface area (Å²) in [6.07, 6.45) is 1.25. The van der Waals surface area contributed by atoms with E-state index in [2.05, 4.69) is 5.32 Å². The van der Waals surface area contributed by atoms with Crippen LogP contribution in [0.25, 0.3) is 0 Å². The molecule has 0 bridgehead atoms. The van der Waals surface area contributed by atoms with Crippen LogP contribution in [0.1, 0.15) is 27.7 Å². The first kappa shape index (κ1) is 14.9. The summed E-state index contributed by atoms with van der Waals surface area (Å²) in [5.74, 6) is 0.162. The molecule has 0 amide bonds. The van der Waals surface area contributed by atoms with Crippen LogP contribution in [-0.4, -0.2) is 45.2 Å². The molecule has 0 aliphatic heterocycles. The Morgan fingerprint density at radius 3 is 2.33 bits per heavy atom. The van der Waals surface area contributed by atoms with Crippen LogP contribution < -0.4 is 5.32 Å². The lowest BCUT2D eigenvalue weighted by Crippen LogP contribution is -2.43. The quantitative estimate of drug-likeness (QED) is 0.712. The van der Waals surface area contributed by atoms with E-state index < -0.39 is 9.84 Å². The van der Waals surface area contributed by atoms with Gasteiger partial charge >= 0.3 is 0 Å². The van der Waals surface area contributed by atoms with Crippen LogP contribution in [0.3, 0.4) is 0 Å². The van der Waals surface area contributed by atoms with Gasteiger partial charge in [-0.25, -0.2) is 8.42 Å². The average molecular weight is 237 g/mol. The molecular formula is C10H23NO3S. The van der Waals surface area contributed by atoms with Crippen molar-refractivity contribution in [2.75, 3.05) is 25.2 Å². The van der Waals surface area contributed by atoms with Crippen LogP contribution in [0.4, 0.5) is 0 Å². The zero-order valence-corrected chi connectivity index (χ0v) is 11.1. The number of hydrogen-bond acceptors (Lipinski definition) is 4. The summed E-state index contributed by atoms with van der Waals surface area (Å²) < 4.78 is 27.5. The molecule has 1 N–H and O–H groups in total. The van der Waals surface area contributed by atoms with E-state index in [1.807, 2.05) is 27.7 Å². The molecule has 0 saturated carbocycles. The van der Waals surface area contributed by atoms with E-state index in [0.29, 0.717) is 13.2 Å². The number of ether oxygens (including phenoxy) is 1. The summed E-state index contributed by atoms with van der Waals surface area (Å²) in [5, 5.41) is 3.16. The van der Waals surface area contributed by atoms with Gasteiger partial charge in [0.25, 0.3) is 0 Å². The molecule has 15 heavy (non-hydrogen) atoms. The first-order chi connectivity index (χ1) is 6.66. The second-order valence-corrected chi connectivity index (χ2v) is 6.75. The number of rotatable bonds is 7. The summed E-state index contributed by atoms with van der Waals surface area (Å²) in [7, 11) is -2.91. The zero-order chi connectivity index (χ0) is 12.1. The van der Waals surface area contributed by atoms with Crippen molar-refractivity contribution in [1.29, 1.82) is 0 Å². The predicted molar refractivity (Wildman–Crippen MR) is 62.9 cm³/mol. The first-order valence-corrected chi connectivity index (χ1v) is 7.27. The van der Waals surface area contributed by atoms with Gasteiger partial charge in [0.2, 0.25) is 0 Å². The molecule has 5 heteroatoms. The van der Waals surface area contributed by atoms with E-state index in [1.165, 1.54) is 6.26 Å². The maximum absolute atomic E-state index is 11.0. The normalized spacial score (nSPS) is 15.3. The molecule has 92 valence electrons. The average Bonchev–Trinajstić information content (AvgIpc) is 1.98. The summed E-state index contributed by atoms with van der Waals surface area (Å²) in [6, 6.07) is -0.0419. The SMILES string of the molecule is CCOC(C)(C)CNC(C)CS(C)(=O)=O. The van der Waals surface area contributed by atoms with Crippen LogP contribution in [0, 0.1) is 0 Å². The maximum atomic E-state index is 11.0. The highest BCUT2D eigenvalue weighted by Gasteiger charge is 2.19. The number of hydrogen-bond donors (Lipinski definition) is 1. The molecule has 0 heterocycles. The van der Waals surface area contributed by atoms with E-state index in [9.17, 15) is 8.42 Å². The second kappa shape index (κ2) is 5.82. The molecule has 0 aliphatic rings. The molecule has 0 fully saturated rings. The van der Waals surface area contributed by atoms with Crippen molar-refractivity contribution in [3.05, 3.63) is 0 Å². The van der Waals surface area contributed by atoms with Gasteiger partial charge < -0.3 is 10.1 Å². The fourth-order valence-corrected chi connectivity index (χ4v) is 2.40. The monoisotopic (exact) mass is 237 g/mol. The minimum absolute atomic E-state index is 0.0419. The van der Waals surface area contributed by atoms with Crippen LogP contribution in [-0.2, 0) is 14.6 Å². The van der Waals surface area contributed by atoms with Gasteiger partial charge in [-0.3, -0.25) is 0 Å². The highest BCUT2D eigenvalue weighted by atomic mass is 32.2. The van der Waals surface area contributed by atoms with Crippen molar-refractivity contribution in [3.8, 4) is 0 Å². The zero-order valence-electron chi connectivity index (χ0n) is 10.3. The van der Waals surface area contributed by atoms with Gasteiger partial charge in [0.15, 0.2) is 0 Å². The van der Waals surface area contributed by atoms with Crippen molar-refractivity contribution in [1.82, 2.24) is 5.32 Å². The maximum Gasteiger partial charge on any atom is 0.148 e. The first-order valence-electron chi connectivity index (χ1n) is 5.21. The van der Waals surface area contributed by atoms with Gasteiger partial charge in [-0.1, -0.05) is 0 Å². The molecule has 4 nitrogen and oxygen atoms in total. The Kier molecular flexibility index (Phi) is 5.77. The smallest absolute Gasteiger partial charge is 0.148 e. The molecule has 0 aromatic rings. The van der Waals surface area contributed by atoms with Gasteiger partial charge in [-0.2, -0.15) is 0 Å². The fraction of sp³-hybridized carbons (Fsp3) is 1.00. The molecular weight excluding hydrogens is 214 g/mol. The third-order valence-corrected chi connectivity index (χ3v) is 3.07. The summed E-state index contributed by atoms with van der Waals surface area (Å²) in [5.41, 5.74) is -0.249. The molecule has 1 unspecified atom stereocenters. The molecule has 0 saturated heterocycles. The largest absolute Gasteiger partial charge is 0.375 e. The van der Waals surface area contributed by atoms with Gasteiger partial charge in [-0.15, -0.1) is 0 Å². The minimum Gasteiger partial charge on any atom is -0.375 e. The lowest BCUT2D eigenvalue weighted by molar-refractivity contribution is -0.00989. The fourth-order valence-electron chi connectivity index (χ4n) is 1.37. The van der Waals surface area contributed by atoms with E-state index >= 15 is 0 Å². The molecule has 0 spiro atoms. The van der Waals surface area contributed by atoms with Crippen molar-refractivity contribution in [3.63, 3.8) is 0 Å². The van der Waals surface area contributed by atoms with Gasteiger partial charge in [0, 0.05) is 25.4 Å². The third kappa shape index (κ3) is 8.84. The highest BCUT2D eigenvalue weighted by Crippen LogP contribution is 2.07. The van der Waals surface area contributed by atoms with Gasteiger partial charge in [0.1, 0.15) is 9.84 Å². The summed E-state index contributed by atoms with van der Waals surface area (Å²) >= 11 is 0. The van der Waals surface area contributed by atoms with Crippen LogP contribution in [0.5, 0.6) is 0 Å². The van der Waals surface area contributed by atoms with E-state index in [0.717, 1.165) is 0 Å². The Bertz CT molecular complexity index is 272. The topological polar surface area (TPSA) is 55.4 Å². The van der Waals surface area contributed by atoms with Crippen molar-refractivity contribution in [2.24, 2.45) is 0 Å². The van der Waals surface area contributed by atoms with Crippen LogP contribution >= 0.6 is 0 Å². The Balaban J connectivity index is 3.95. The number of nitrogens with one attached hydrogen (secondary N) is 1. The molecule has 0 radical (unpaired) electrons. The van der Waals surface area contributed by atoms with E-state index in [4.69, 9.17) is 4.74 Å². The van der Waals surface area contributed by atoms with Crippen molar-refractivity contribution >= 4 is 9.84 Å². The Hall–Kier alpha value is -0.130. The standard InChI is InChI=1S/C10H23NO3S/c1-6-14-10(3,4)8-11-9(2)7-15(5,12)13/h9,11H,6-8H2,1-5H3. The highest BCUT2D eigenvalue weighted by molar-refractivity contribution is 7.90. The predicted octanol–water partition coefficient (Wildman–Crippen LogP) is 0.824. The van der Waals surface area contributed by atoms with Crippen LogP contribution in [0.2, 0.25) is 0 Å². The lowest BCUT2D eigenvalue weighted by atomic mass is 10.1.